The second-order valence-corrected chi connectivity index (χ2v) is 6.85. The van der Waals surface area contributed by atoms with E-state index < -0.39 is 5.92 Å². The summed E-state index contributed by atoms with van der Waals surface area (Å²) in [6.45, 7) is 5.64. The predicted molar refractivity (Wildman–Crippen MR) is 103 cm³/mol. The van der Waals surface area contributed by atoms with Crippen LogP contribution >= 0.6 is 11.6 Å². The lowest BCUT2D eigenvalue weighted by Gasteiger charge is -2.11. The fraction of sp³-hybridized carbons (Fsp3) is 0.238. The number of rotatable bonds is 3. The Morgan fingerprint density at radius 3 is 2.35 bits per heavy atom. The molecule has 1 aromatic heterocycles. The number of carbonyl (C=O) groups is 2. The summed E-state index contributed by atoms with van der Waals surface area (Å²) in [5.74, 6) is -0.951. The van der Waals surface area contributed by atoms with Crippen LogP contribution in [-0.2, 0) is 9.53 Å². The molecule has 0 aliphatic rings. The van der Waals surface area contributed by atoms with Crippen LogP contribution in [0.2, 0.25) is 5.02 Å². The van der Waals surface area contributed by atoms with Gasteiger partial charge in [0.15, 0.2) is 0 Å². The smallest absolute Gasteiger partial charge is 0.312 e. The molecule has 0 saturated carbocycles. The maximum absolute atomic E-state index is 13.2. The highest BCUT2D eigenvalue weighted by Crippen LogP contribution is 2.33. The van der Waals surface area contributed by atoms with Crippen LogP contribution in [0.4, 0.5) is 0 Å². The predicted octanol–water partition coefficient (Wildman–Crippen LogP) is 4.88. The third-order valence-corrected chi connectivity index (χ3v) is 4.94. The summed E-state index contributed by atoms with van der Waals surface area (Å²) in [6, 6.07) is 12.7. The first-order valence-electron chi connectivity index (χ1n) is 8.34. The SMILES string of the molecule is COC(=O)C(C)c1c(C)n(C(=O)c2ccc(Cl)cc2)c2ccc(C)cc12. The van der Waals surface area contributed by atoms with E-state index in [9.17, 15) is 9.59 Å². The molecule has 2 aromatic carbocycles. The van der Waals surface area contributed by atoms with Crippen LogP contribution in [0, 0.1) is 13.8 Å². The van der Waals surface area contributed by atoms with E-state index in [0.29, 0.717) is 10.6 Å². The fourth-order valence-corrected chi connectivity index (χ4v) is 3.51. The zero-order valence-corrected chi connectivity index (χ0v) is 15.9. The third-order valence-electron chi connectivity index (χ3n) is 4.69. The van der Waals surface area contributed by atoms with Gasteiger partial charge in [-0.25, -0.2) is 0 Å². The molecule has 1 heterocycles. The molecule has 26 heavy (non-hydrogen) atoms. The second-order valence-electron chi connectivity index (χ2n) is 6.41. The molecular weight excluding hydrogens is 350 g/mol. The van der Waals surface area contributed by atoms with Gasteiger partial charge in [-0.1, -0.05) is 23.2 Å². The number of halogens is 1. The molecule has 0 spiro atoms. The van der Waals surface area contributed by atoms with E-state index in [4.69, 9.17) is 16.3 Å². The average Bonchev–Trinajstić information content (AvgIpc) is 2.91. The van der Waals surface area contributed by atoms with Crippen LogP contribution in [0.25, 0.3) is 10.9 Å². The van der Waals surface area contributed by atoms with Crippen molar-refractivity contribution in [3.8, 4) is 0 Å². The van der Waals surface area contributed by atoms with E-state index in [1.807, 2.05) is 32.0 Å². The van der Waals surface area contributed by atoms with Gasteiger partial charge in [-0.05, 0) is 62.7 Å². The van der Waals surface area contributed by atoms with Crippen molar-refractivity contribution >= 4 is 34.4 Å². The van der Waals surface area contributed by atoms with Crippen molar-refractivity contribution in [2.45, 2.75) is 26.7 Å². The normalized spacial score (nSPS) is 12.2. The summed E-state index contributed by atoms with van der Waals surface area (Å²) in [5.41, 5.74) is 3.93. The number of aromatic nitrogens is 1. The number of carbonyl (C=O) groups excluding carboxylic acids is 2. The van der Waals surface area contributed by atoms with Crippen molar-refractivity contribution < 1.29 is 14.3 Å². The van der Waals surface area contributed by atoms with Crippen molar-refractivity contribution in [2.75, 3.05) is 7.11 Å². The minimum Gasteiger partial charge on any atom is -0.469 e. The lowest BCUT2D eigenvalue weighted by Crippen LogP contribution is -2.15. The van der Waals surface area contributed by atoms with Gasteiger partial charge in [-0.2, -0.15) is 0 Å². The highest BCUT2D eigenvalue weighted by molar-refractivity contribution is 6.30. The van der Waals surface area contributed by atoms with Gasteiger partial charge in [0.25, 0.3) is 5.91 Å². The number of hydrogen-bond acceptors (Lipinski definition) is 3. The highest BCUT2D eigenvalue weighted by atomic mass is 35.5. The van der Waals surface area contributed by atoms with E-state index >= 15 is 0 Å². The second kappa shape index (κ2) is 6.96. The first-order chi connectivity index (χ1) is 12.3. The summed E-state index contributed by atoms with van der Waals surface area (Å²) in [6.07, 6.45) is 0. The van der Waals surface area contributed by atoms with E-state index in [1.165, 1.54) is 7.11 Å². The van der Waals surface area contributed by atoms with E-state index in [2.05, 4.69) is 0 Å². The molecule has 5 heteroatoms. The largest absolute Gasteiger partial charge is 0.469 e. The monoisotopic (exact) mass is 369 g/mol. The number of nitrogens with zero attached hydrogens (tertiary/aromatic N) is 1. The van der Waals surface area contributed by atoms with Crippen molar-refractivity contribution in [1.29, 1.82) is 0 Å². The van der Waals surface area contributed by atoms with Gasteiger partial charge < -0.3 is 4.74 Å². The molecule has 0 aliphatic carbocycles. The summed E-state index contributed by atoms with van der Waals surface area (Å²) in [7, 11) is 1.37. The van der Waals surface area contributed by atoms with Gasteiger partial charge in [-0.3, -0.25) is 14.2 Å². The number of benzene rings is 2. The summed E-state index contributed by atoms with van der Waals surface area (Å²) < 4.78 is 6.58. The number of ether oxygens (including phenoxy) is 1. The van der Waals surface area contributed by atoms with Gasteiger partial charge in [0.05, 0.1) is 18.5 Å². The molecule has 0 saturated heterocycles. The zero-order valence-electron chi connectivity index (χ0n) is 15.2. The molecule has 3 aromatic rings. The summed E-state index contributed by atoms with van der Waals surface area (Å²) in [5, 5.41) is 1.47. The minimum absolute atomic E-state index is 0.156. The molecule has 134 valence electrons. The topological polar surface area (TPSA) is 48.3 Å². The Hall–Kier alpha value is -2.59. The van der Waals surface area contributed by atoms with E-state index in [1.54, 1.807) is 35.8 Å². The Kier molecular flexibility index (Phi) is 4.88. The van der Waals surface area contributed by atoms with Crippen molar-refractivity contribution in [3.63, 3.8) is 0 Å². The Labute approximate surface area is 157 Å². The van der Waals surface area contributed by atoms with Crippen LogP contribution < -0.4 is 0 Å². The zero-order chi connectivity index (χ0) is 19.0. The number of esters is 1. The Balaban J connectivity index is 2.26. The number of methoxy groups -OCH3 is 1. The molecule has 0 fully saturated rings. The molecular formula is C21H20ClNO3. The van der Waals surface area contributed by atoms with Crippen LogP contribution in [0.15, 0.2) is 42.5 Å². The number of aryl methyl sites for hydroxylation is 1. The molecule has 0 bridgehead atoms. The van der Waals surface area contributed by atoms with Crippen LogP contribution in [0.3, 0.4) is 0 Å². The molecule has 3 rings (SSSR count). The summed E-state index contributed by atoms with van der Waals surface area (Å²) >= 11 is 5.93. The highest BCUT2D eigenvalue weighted by Gasteiger charge is 2.27. The Bertz CT molecular complexity index is 1000. The minimum atomic E-state index is -0.469. The number of fused-ring (bicyclic) bond motifs is 1. The number of hydrogen-bond donors (Lipinski definition) is 0. The lowest BCUT2D eigenvalue weighted by atomic mass is 9.97. The standard InChI is InChI=1S/C21H20ClNO3/c1-12-5-10-18-17(11-12)19(13(2)21(25)26-4)14(3)23(18)20(24)15-6-8-16(22)9-7-15/h5-11,13H,1-4H3. The van der Waals surface area contributed by atoms with Gasteiger partial charge in [0, 0.05) is 21.7 Å². The lowest BCUT2D eigenvalue weighted by molar-refractivity contribution is -0.141. The third kappa shape index (κ3) is 3.01. The van der Waals surface area contributed by atoms with Gasteiger partial charge in [-0.15, -0.1) is 0 Å². The molecule has 0 aliphatic heterocycles. The maximum Gasteiger partial charge on any atom is 0.312 e. The van der Waals surface area contributed by atoms with Crippen molar-refractivity contribution in [2.24, 2.45) is 0 Å². The fourth-order valence-electron chi connectivity index (χ4n) is 3.38. The average molecular weight is 370 g/mol. The van der Waals surface area contributed by atoms with E-state index in [0.717, 1.165) is 27.7 Å². The first-order valence-corrected chi connectivity index (χ1v) is 8.72. The summed E-state index contributed by atoms with van der Waals surface area (Å²) in [4.78, 5) is 25.3. The quantitative estimate of drug-likeness (QED) is 0.618. The molecule has 4 nitrogen and oxygen atoms in total. The van der Waals surface area contributed by atoms with Gasteiger partial charge >= 0.3 is 5.97 Å². The van der Waals surface area contributed by atoms with Crippen molar-refractivity contribution in [1.82, 2.24) is 4.57 Å². The van der Waals surface area contributed by atoms with E-state index in [-0.39, 0.29) is 11.9 Å². The Morgan fingerprint density at radius 1 is 1.08 bits per heavy atom. The molecule has 0 amide bonds. The first kappa shape index (κ1) is 18.2. The maximum atomic E-state index is 13.2. The molecule has 0 radical (unpaired) electrons. The van der Waals surface area contributed by atoms with Gasteiger partial charge in [0.1, 0.15) is 0 Å². The Morgan fingerprint density at radius 2 is 1.73 bits per heavy atom. The van der Waals surface area contributed by atoms with Crippen LogP contribution in [-0.4, -0.2) is 23.6 Å². The van der Waals surface area contributed by atoms with Crippen molar-refractivity contribution in [3.05, 3.63) is 69.9 Å². The molecule has 1 unspecified atom stereocenters. The van der Waals surface area contributed by atoms with Gasteiger partial charge in [0.2, 0.25) is 0 Å². The molecule has 1 atom stereocenters. The molecule has 0 N–H and O–H groups in total. The van der Waals surface area contributed by atoms with Crippen LogP contribution in [0.1, 0.15) is 40.0 Å². The van der Waals surface area contributed by atoms with Crippen LogP contribution in [0.5, 0.6) is 0 Å².